The highest BCUT2D eigenvalue weighted by Crippen LogP contribution is 2.33. The molecule has 0 aliphatic carbocycles. The molecule has 1 aromatic carbocycles. The third-order valence-corrected chi connectivity index (χ3v) is 7.67. The highest BCUT2D eigenvalue weighted by atomic mass is 32.2. The van der Waals surface area contributed by atoms with Gasteiger partial charge in [-0.3, -0.25) is 9.59 Å². The number of hydrogen-bond acceptors (Lipinski definition) is 7. The summed E-state index contributed by atoms with van der Waals surface area (Å²) in [6, 6.07) is 9.69. The SMILES string of the molecule is CN1C[C@@H](Nc2nc(N3CCN(c4ccccc4)C(=O)C3)nc3c2[S+]([O-])CC3)CCC1=O. The van der Waals surface area contributed by atoms with Gasteiger partial charge in [-0.05, 0) is 29.7 Å². The second kappa shape index (κ2) is 8.59. The smallest absolute Gasteiger partial charge is 0.246 e. The second-order valence-corrected chi connectivity index (χ2v) is 9.91. The van der Waals surface area contributed by atoms with Crippen molar-refractivity contribution >= 4 is 40.4 Å². The van der Waals surface area contributed by atoms with E-state index >= 15 is 0 Å². The highest BCUT2D eigenvalue weighted by molar-refractivity contribution is 7.91. The first-order valence-electron chi connectivity index (χ1n) is 10.9. The van der Waals surface area contributed by atoms with Gasteiger partial charge in [0.05, 0.1) is 0 Å². The van der Waals surface area contributed by atoms with Crippen molar-refractivity contribution in [1.82, 2.24) is 14.9 Å². The molecule has 2 atom stereocenters. The Morgan fingerprint density at radius 3 is 2.66 bits per heavy atom. The minimum Gasteiger partial charge on any atom is -0.611 e. The van der Waals surface area contributed by atoms with E-state index in [0.29, 0.717) is 61.3 Å². The molecular formula is C22H26N6O3S. The van der Waals surface area contributed by atoms with E-state index in [-0.39, 0.29) is 24.4 Å². The topological polar surface area (TPSA) is 105 Å². The summed E-state index contributed by atoms with van der Waals surface area (Å²) >= 11 is -1.14. The fourth-order valence-corrected chi connectivity index (χ4v) is 5.79. The van der Waals surface area contributed by atoms with Crippen LogP contribution < -0.4 is 15.1 Å². The molecule has 1 unspecified atom stereocenters. The fraction of sp³-hybridized carbons (Fsp3) is 0.455. The largest absolute Gasteiger partial charge is 0.611 e. The van der Waals surface area contributed by atoms with Crippen molar-refractivity contribution in [3.05, 3.63) is 36.0 Å². The number of piperidine rings is 1. The molecule has 9 nitrogen and oxygen atoms in total. The number of aryl methyl sites for hydroxylation is 1. The van der Waals surface area contributed by atoms with E-state index in [2.05, 4.69) is 10.3 Å². The quantitative estimate of drug-likeness (QED) is 0.688. The summed E-state index contributed by atoms with van der Waals surface area (Å²) in [6.07, 6.45) is 1.82. The fourth-order valence-electron chi connectivity index (χ4n) is 4.47. The number of fused-ring (bicyclic) bond motifs is 1. The van der Waals surface area contributed by atoms with Crippen LogP contribution in [-0.4, -0.2) is 76.3 Å². The third-order valence-electron chi connectivity index (χ3n) is 6.21. The van der Waals surface area contributed by atoms with Gasteiger partial charge in [0.2, 0.25) is 22.7 Å². The Hall–Kier alpha value is -2.85. The number of piperazine rings is 1. The van der Waals surface area contributed by atoms with Gasteiger partial charge in [0.1, 0.15) is 18.0 Å². The molecular weight excluding hydrogens is 428 g/mol. The van der Waals surface area contributed by atoms with Crippen LogP contribution in [0.3, 0.4) is 0 Å². The molecule has 1 N–H and O–H groups in total. The van der Waals surface area contributed by atoms with Crippen molar-refractivity contribution in [2.75, 3.05) is 54.1 Å². The number of nitrogens with zero attached hydrogens (tertiary/aromatic N) is 5. The van der Waals surface area contributed by atoms with Crippen molar-refractivity contribution in [3.63, 3.8) is 0 Å². The number of hydrogen-bond donors (Lipinski definition) is 1. The number of benzene rings is 1. The Kier molecular flexibility index (Phi) is 5.64. The average molecular weight is 455 g/mol. The zero-order chi connectivity index (χ0) is 22.2. The van der Waals surface area contributed by atoms with Crippen molar-refractivity contribution in [2.45, 2.75) is 30.2 Å². The lowest BCUT2D eigenvalue weighted by Gasteiger charge is -2.35. The zero-order valence-corrected chi connectivity index (χ0v) is 18.8. The Bertz CT molecular complexity index is 1040. The summed E-state index contributed by atoms with van der Waals surface area (Å²) in [4.78, 5) is 40.2. The number of likely N-dealkylation sites (tertiary alicyclic amines) is 1. The van der Waals surface area contributed by atoms with Gasteiger partial charge in [-0.1, -0.05) is 18.2 Å². The van der Waals surface area contributed by atoms with Crippen LogP contribution in [0.5, 0.6) is 0 Å². The van der Waals surface area contributed by atoms with Crippen LogP contribution in [0.1, 0.15) is 18.5 Å². The van der Waals surface area contributed by atoms with E-state index in [1.807, 2.05) is 35.2 Å². The first kappa shape index (κ1) is 21.0. The van der Waals surface area contributed by atoms with Crippen LogP contribution in [0, 0.1) is 0 Å². The van der Waals surface area contributed by atoms with Crippen LogP contribution in [0.15, 0.2) is 35.2 Å². The maximum absolute atomic E-state index is 12.9. The summed E-state index contributed by atoms with van der Waals surface area (Å²) in [5, 5.41) is 3.43. The van der Waals surface area contributed by atoms with Crippen LogP contribution in [0.2, 0.25) is 0 Å². The summed E-state index contributed by atoms with van der Waals surface area (Å²) in [5.41, 5.74) is 1.68. The second-order valence-electron chi connectivity index (χ2n) is 8.40. The molecule has 1 aromatic heterocycles. The van der Waals surface area contributed by atoms with Crippen LogP contribution in [0.25, 0.3) is 0 Å². The number of likely N-dealkylation sites (N-methyl/N-ethyl adjacent to an activating group) is 1. The number of carbonyl (C=O) groups excluding carboxylic acids is 2. The molecule has 3 aliphatic rings. The lowest BCUT2D eigenvalue weighted by atomic mass is 10.1. The Morgan fingerprint density at radius 1 is 1.09 bits per heavy atom. The van der Waals surface area contributed by atoms with Gasteiger partial charge < -0.3 is 24.6 Å². The summed E-state index contributed by atoms with van der Waals surface area (Å²) in [5.74, 6) is 1.73. The monoisotopic (exact) mass is 454 g/mol. The lowest BCUT2D eigenvalue weighted by molar-refractivity contribution is -0.132. The van der Waals surface area contributed by atoms with Gasteiger partial charge in [0.15, 0.2) is 5.82 Å². The summed E-state index contributed by atoms with van der Waals surface area (Å²) in [7, 11) is 1.79. The van der Waals surface area contributed by atoms with E-state index in [1.54, 1.807) is 16.8 Å². The normalized spacial score (nSPS) is 23.5. The number of anilines is 3. The molecule has 3 aliphatic heterocycles. The van der Waals surface area contributed by atoms with Crippen LogP contribution in [0.4, 0.5) is 17.5 Å². The van der Waals surface area contributed by atoms with E-state index in [1.165, 1.54) is 0 Å². The Morgan fingerprint density at radius 2 is 1.91 bits per heavy atom. The van der Waals surface area contributed by atoms with Gasteiger partial charge in [0.25, 0.3) is 0 Å². The van der Waals surface area contributed by atoms with E-state index in [9.17, 15) is 14.1 Å². The number of carbonyl (C=O) groups is 2. The van der Waals surface area contributed by atoms with Crippen molar-refractivity contribution in [2.24, 2.45) is 0 Å². The highest BCUT2D eigenvalue weighted by Gasteiger charge is 2.35. The number of aromatic nitrogens is 2. The molecule has 2 fully saturated rings. The zero-order valence-electron chi connectivity index (χ0n) is 18.0. The standard InChI is InChI=1S/C22H26N6O3S/c1-26-13-15(7-8-18(26)29)23-21-20-17(9-12-32(20)31)24-22(25-21)27-10-11-28(19(30)14-27)16-5-3-2-4-6-16/h2-6,15H,7-14H2,1H3,(H,23,24,25)/t15-,32?/m0/s1. The number of amides is 2. The van der Waals surface area contributed by atoms with Gasteiger partial charge in [0, 0.05) is 51.3 Å². The van der Waals surface area contributed by atoms with Crippen LogP contribution in [-0.2, 0) is 27.2 Å². The van der Waals surface area contributed by atoms with E-state index < -0.39 is 11.2 Å². The maximum atomic E-state index is 12.9. The molecule has 0 spiro atoms. The van der Waals surface area contributed by atoms with Gasteiger partial charge >= 0.3 is 0 Å². The Labute approximate surface area is 190 Å². The number of nitrogens with one attached hydrogen (secondary N) is 1. The van der Waals surface area contributed by atoms with Crippen molar-refractivity contribution in [3.8, 4) is 0 Å². The predicted octanol–water partition coefficient (Wildman–Crippen LogP) is 1.03. The average Bonchev–Trinajstić information content (AvgIpc) is 3.18. The molecule has 4 heterocycles. The molecule has 2 aromatic rings. The molecule has 0 bridgehead atoms. The molecule has 10 heteroatoms. The molecule has 32 heavy (non-hydrogen) atoms. The van der Waals surface area contributed by atoms with Gasteiger partial charge in [-0.2, -0.15) is 4.98 Å². The molecule has 2 amide bonds. The summed E-state index contributed by atoms with van der Waals surface area (Å²) in [6.45, 7) is 1.93. The molecule has 0 saturated carbocycles. The number of para-hydroxylation sites is 1. The first-order valence-corrected chi connectivity index (χ1v) is 12.2. The van der Waals surface area contributed by atoms with Crippen LogP contribution >= 0.6 is 0 Å². The third kappa shape index (κ3) is 4.00. The van der Waals surface area contributed by atoms with E-state index in [4.69, 9.17) is 4.98 Å². The van der Waals surface area contributed by atoms with Crippen molar-refractivity contribution < 1.29 is 14.1 Å². The minimum absolute atomic E-state index is 0.00273. The number of rotatable bonds is 4. The summed E-state index contributed by atoms with van der Waals surface area (Å²) < 4.78 is 12.6. The molecule has 0 radical (unpaired) electrons. The van der Waals surface area contributed by atoms with E-state index in [0.717, 1.165) is 11.4 Å². The lowest BCUT2D eigenvalue weighted by Crippen LogP contribution is -2.51. The molecule has 168 valence electrons. The molecule has 5 rings (SSSR count). The first-order chi connectivity index (χ1) is 15.5. The minimum atomic E-state index is -1.14. The van der Waals surface area contributed by atoms with Gasteiger partial charge in [-0.25, -0.2) is 4.98 Å². The Balaban J connectivity index is 1.38. The maximum Gasteiger partial charge on any atom is 0.246 e. The molecule has 2 saturated heterocycles. The van der Waals surface area contributed by atoms with Gasteiger partial charge in [-0.15, -0.1) is 0 Å². The predicted molar refractivity (Wildman–Crippen MR) is 122 cm³/mol. The van der Waals surface area contributed by atoms with Crippen molar-refractivity contribution in [1.29, 1.82) is 0 Å².